The fourth-order valence-corrected chi connectivity index (χ4v) is 4.67. The van der Waals surface area contributed by atoms with Gasteiger partial charge < -0.3 is 10.6 Å². The van der Waals surface area contributed by atoms with Gasteiger partial charge in [-0.1, -0.05) is 54.1 Å². The van der Waals surface area contributed by atoms with E-state index in [1.807, 2.05) is 55.5 Å². The van der Waals surface area contributed by atoms with Crippen LogP contribution in [0.15, 0.2) is 102 Å². The van der Waals surface area contributed by atoms with Crippen LogP contribution in [0.5, 0.6) is 0 Å². The van der Waals surface area contributed by atoms with Crippen molar-refractivity contribution >= 4 is 46.6 Å². The molecule has 7 heteroatoms. The number of hydrogen-bond donors (Lipinski definition) is 2. The molecule has 0 bridgehead atoms. The molecule has 0 radical (unpaired) electrons. The Balaban J connectivity index is 1.55. The predicted octanol–water partition coefficient (Wildman–Crippen LogP) is 7.51. The summed E-state index contributed by atoms with van der Waals surface area (Å²) >= 11 is 7.50. The molecule has 0 heterocycles. The highest BCUT2D eigenvalue weighted by Crippen LogP contribution is 2.37. The molecule has 4 aromatic carbocycles. The molecular formula is C28H22ClFN2O2S. The van der Waals surface area contributed by atoms with Gasteiger partial charge >= 0.3 is 0 Å². The molecular weight excluding hydrogens is 483 g/mol. The van der Waals surface area contributed by atoms with Crippen LogP contribution in [0.25, 0.3) is 0 Å². The van der Waals surface area contributed by atoms with Crippen LogP contribution in [-0.2, 0) is 4.79 Å². The number of halogens is 2. The van der Waals surface area contributed by atoms with Crippen LogP contribution in [0, 0.1) is 12.7 Å². The van der Waals surface area contributed by atoms with Gasteiger partial charge in [-0.2, -0.15) is 0 Å². The number of rotatable bonds is 7. The van der Waals surface area contributed by atoms with E-state index in [2.05, 4.69) is 10.6 Å². The minimum Gasteiger partial charge on any atom is -0.325 e. The van der Waals surface area contributed by atoms with Crippen molar-refractivity contribution in [1.29, 1.82) is 0 Å². The standard InChI is InChI=1S/C28H22ClFN2O2S/c1-18-10-13-21(29)16-25(18)32-28(34)26(19-6-3-2-4-7-19)35-24-9-5-8-23(17-24)31-27(33)20-11-14-22(30)15-12-20/h2-17,26H,1H3,(H,31,33)(H,32,34). The van der Waals surface area contributed by atoms with E-state index in [-0.39, 0.29) is 11.8 Å². The zero-order chi connectivity index (χ0) is 24.8. The second kappa shape index (κ2) is 11.2. The molecule has 2 N–H and O–H groups in total. The molecule has 0 fully saturated rings. The lowest BCUT2D eigenvalue weighted by Gasteiger charge is -2.18. The molecule has 4 nitrogen and oxygen atoms in total. The first-order valence-electron chi connectivity index (χ1n) is 10.8. The van der Waals surface area contributed by atoms with Gasteiger partial charge in [-0.25, -0.2) is 4.39 Å². The highest BCUT2D eigenvalue weighted by atomic mass is 35.5. The van der Waals surface area contributed by atoms with Gasteiger partial charge in [-0.15, -0.1) is 11.8 Å². The topological polar surface area (TPSA) is 58.2 Å². The fraction of sp³-hybridized carbons (Fsp3) is 0.0714. The normalized spacial score (nSPS) is 11.5. The third-order valence-electron chi connectivity index (χ3n) is 5.25. The van der Waals surface area contributed by atoms with Crippen LogP contribution in [-0.4, -0.2) is 11.8 Å². The first kappa shape index (κ1) is 24.5. The van der Waals surface area contributed by atoms with E-state index in [9.17, 15) is 14.0 Å². The number of carbonyl (C=O) groups is 2. The van der Waals surface area contributed by atoms with Crippen molar-refractivity contribution in [2.24, 2.45) is 0 Å². The lowest BCUT2D eigenvalue weighted by atomic mass is 10.1. The Morgan fingerprint density at radius 1 is 0.857 bits per heavy atom. The molecule has 0 spiro atoms. The van der Waals surface area contributed by atoms with Crippen molar-refractivity contribution in [3.63, 3.8) is 0 Å². The lowest BCUT2D eigenvalue weighted by Crippen LogP contribution is -2.19. The van der Waals surface area contributed by atoms with Crippen molar-refractivity contribution in [3.05, 3.63) is 125 Å². The maximum Gasteiger partial charge on any atom is 0.255 e. The number of hydrogen-bond acceptors (Lipinski definition) is 3. The SMILES string of the molecule is Cc1ccc(Cl)cc1NC(=O)C(Sc1cccc(NC(=O)c2ccc(F)cc2)c1)c1ccccc1. The third kappa shape index (κ3) is 6.50. The van der Waals surface area contributed by atoms with E-state index in [1.54, 1.807) is 24.3 Å². The quantitative estimate of drug-likeness (QED) is 0.256. The molecule has 2 amide bonds. The second-order valence-electron chi connectivity index (χ2n) is 7.85. The molecule has 1 unspecified atom stereocenters. The van der Waals surface area contributed by atoms with E-state index in [0.717, 1.165) is 16.0 Å². The third-order valence-corrected chi connectivity index (χ3v) is 6.73. The molecule has 0 aliphatic carbocycles. The highest BCUT2D eigenvalue weighted by Gasteiger charge is 2.23. The molecule has 1 atom stereocenters. The Labute approximate surface area is 212 Å². The van der Waals surface area contributed by atoms with Crippen LogP contribution in [0.3, 0.4) is 0 Å². The summed E-state index contributed by atoms with van der Waals surface area (Å²) in [6.45, 7) is 1.91. The van der Waals surface area contributed by atoms with Crippen LogP contribution in [0.2, 0.25) is 5.02 Å². The summed E-state index contributed by atoms with van der Waals surface area (Å²) in [6, 6.07) is 27.4. The van der Waals surface area contributed by atoms with Crippen LogP contribution >= 0.6 is 23.4 Å². The monoisotopic (exact) mass is 504 g/mol. The smallest absolute Gasteiger partial charge is 0.255 e. The van der Waals surface area contributed by atoms with Gasteiger partial charge in [0.1, 0.15) is 11.1 Å². The van der Waals surface area contributed by atoms with Crippen molar-refractivity contribution in [2.75, 3.05) is 10.6 Å². The summed E-state index contributed by atoms with van der Waals surface area (Å²) in [5, 5.41) is 5.82. The second-order valence-corrected chi connectivity index (χ2v) is 9.46. The van der Waals surface area contributed by atoms with E-state index < -0.39 is 11.1 Å². The summed E-state index contributed by atoms with van der Waals surface area (Å²) in [5.74, 6) is -0.939. The number of thioether (sulfide) groups is 1. The van der Waals surface area contributed by atoms with Crippen molar-refractivity contribution in [1.82, 2.24) is 0 Å². The number of carbonyl (C=O) groups excluding carboxylic acids is 2. The zero-order valence-corrected chi connectivity index (χ0v) is 20.4. The van der Waals surface area contributed by atoms with E-state index in [0.29, 0.717) is 22.0 Å². The minimum atomic E-state index is -0.544. The molecule has 4 aromatic rings. The zero-order valence-electron chi connectivity index (χ0n) is 18.8. The van der Waals surface area contributed by atoms with Gasteiger partial charge in [0, 0.05) is 26.9 Å². The van der Waals surface area contributed by atoms with Crippen LogP contribution in [0.1, 0.15) is 26.7 Å². The number of anilines is 2. The maximum absolute atomic E-state index is 13.4. The molecule has 0 saturated carbocycles. The largest absolute Gasteiger partial charge is 0.325 e. The van der Waals surface area contributed by atoms with Gasteiger partial charge in [0.05, 0.1) is 0 Å². The summed E-state index contributed by atoms with van der Waals surface area (Å²) < 4.78 is 13.2. The molecule has 0 aliphatic heterocycles. The van der Waals surface area contributed by atoms with Gasteiger partial charge in [-0.05, 0) is 72.6 Å². The number of aryl methyl sites for hydroxylation is 1. The van der Waals surface area contributed by atoms with Gasteiger partial charge in [0.25, 0.3) is 5.91 Å². The average Bonchev–Trinajstić information content (AvgIpc) is 2.86. The molecule has 0 aromatic heterocycles. The van der Waals surface area contributed by atoms with Gasteiger partial charge in [0.15, 0.2) is 0 Å². The summed E-state index contributed by atoms with van der Waals surface area (Å²) in [7, 11) is 0. The Bertz CT molecular complexity index is 1350. The molecule has 0 saturated heterocycles. The van der Waals surface area contributed by atoms with Crippen LogP contribution in [0.4, 0.5) is 15.8 Å². The van der Waals surface area contributed by atoms with Crippen molar-refractivity contribution in [2.45, 2.75) is 17.1 Å². The van der Waals surface area contributed by atoms with Crippen molar-refractivity contribution < 1.29 is 14.0 Å². The van der Waals surface area contributed by atoms with Gasteiger partial charge in [0.2, 0.25) is 5.91 Å². The Morgan fingerprint density at radius 3 is 2.34 bits per heavy atom. The molecule has 0 aliphatic rings. The minimum absolute atomic E-state index is 0.188. The molecule has 176 valence electrons. The first-order valence-corrected chi connectivity index (χ1v) is 12.1. The highest BCUT2D eigenvalue weighted by molar-refractivity contribution is 8.00. The number of amides is 2. The first-order chi connectivity index (χ1) is 16.9. The predicted molar refractivity (Wildman–Crippen MR) is 141 cm³/mol. The Kier molecular flexibility index (Phi) is 7.85. The maximum atomic E-state index is 13.4. The summed E-state index contributed by atoms with van der Waals surface area (Å²) in [6.07, 6.45) is 0. The van der Waals surface area contributed by atoms with Crippen molar-refractivity contribution in [3.8, 4) is 0 Å². The van der Waals surface area contributed by atoms with Gasteiger partial charge in [-0.3, -0.25) is 9.59 Å². The lowest BCUT2D eigenvalue weighted by molar-refractivity contribution is -0.115. The molecule has 4 rings (SSSR count). The summed E-state index contributed by atoms with van der Waals surface area (Å²) in [4.78, 5) is 26.7. The van der Waals surface area contributed by atoms with E-state index in [1.165, 1.54) is 36.0 Å². The van der Waals surface area contributed by atoms with Crippen LogP contribution < -0.4 is 10.6 Å². The number of nitrogens with one attached hydrogen (secondary N) is 2. The Morgan fingerprint density at radius 2 is 1.60 bits per heavy atom. The number of benzene rings is 4. The fourth-order valence-electron chi connectivity index (χ4n) is 3.42. The Hall–Kier alpha value is -3.61. The summed E-state index contributed by atoms with van der Waals surface area (Å²) in [5.41, 5.74) is 3.33. The molecule has 35 heavy (non-hydrogen) atoms. The van der Waals surface area contributed by atoms with E-state index >= 15 is 0 Å². The van der Waals surface area contributed by atoms with E-state index in [4.69, 9.17) is 11.6 Å². The average molecular weight is 505 g/mol.